The molecule has 3 rings (SSSR count). The molecule has 0 radical (unpaired) electrons. The van der Waals surface area contributed by atoms with Crippen LogP contribution in [-0.4, -0.2) is 48.0 Å². The zero-order chi connectivity index (χ0) is 19.6. The van der Waals surface area contributed by atoms with E-state index in [2.05, 4.69) is 11.9 Å². The predicted octanol–water partition coefficient (Wildman–Crippen LogP) is 2.90. The van der Waals surface area contributed by atoms with Crippen molar-refractivity contribution >= 4 is 11.7 Å². The minimum Gasteiger partial charge on any atom is -0.355 e. The van der Waals surface area contributed by atoms with Crippen molar-refractivity contribution < 1.29 is 18.0 Å². The Hall–Kier alpha value is -1.83. The first-order chi connectivity index (χ1) is 12.8. The summed E-state index contributed by atoms with van der Waals surface area (Å²) in [7, 11) is 0. The summed E-state index contributed by atoms with van der Waals surface area (Å²) in [5, 5.41) is 0. The summed E-state index contributed by atoms with van der Waals surface area (Å²) in [5.74, 6) is 0.161. The van der Waals surface area contributed by atoms with Crippen LogP contribution in [0.15, 0.2) is 18.3 Å². The maximum atomic E-state index is 13.3. The number of nitrogens with zero attached hydrogens (tertiary/aromatic N) is 3. The van der Waals surface area contributed by atoms with Gasteiger partial charge in [0, 0.05) is 38.4 Å². The molecule has 0 aliphatic carbocycles. The minimum absolute atomic E-state index is 0.0199. The molecular formula is C19H27F3N4O. The van der Waals surface area contributed by atoms with E-state index in [9.17, 15) is 18.0 Å². The van der Waals surface area contributed by atoms with Crippen LogP contribution < -0.4 is 10.6 Å². The number of carbonyl (C=O) groups excluding carboxylic acids is 1. The van der Waals surface area contributed by atoms with Crippen molar-refractivity contribution in [2.24, 2.45) is 17.6 Å². The van der Waals surface area contributed by atoms with E-state index in [1.165, 1.54) is 12.3 Å². The molecule has 0 saturated carbocycles. The zero-order valence-electron chi connectivity index (χ0n) is 15.6. The lowest BCUT2D eigenvalue weighted by Gasteiger charge is -2.42. The molecule has 3 atom stereocenters. The van der Waals surface area contributed by atoms with Crippen LogP contribution in [0.3, 0.4) is 0 Å². The van der Waals surface area contributed by atoms with Gasteiger partial charge < -0.3 is 15.5 Å². The molecule has 1 aromatic heterocycles. The highest BCUT2D eigenvalue weighted by Crippen LogP contribution is 2.37. The monoisotopic (exact) mass is 384 g/mol. The van der Waals surface area contributed by atoms with E-state index in [0.717, 1.165) is 18.9 Å². The number of hydrogen-bond acceptors (Lipinski definition) is 4. The Morgan fingerprint density at radius 3 is 2.81 bits per heavy atom. The Morgan fingerprint density at radius 2 is 2.11 bits per heavy atom. The Bertz CT molecular complexity index is 667. The topological polar surface area (TPSA) is 62.5 Å². The molecule has 0 spiro atoms. The van der Waals surface area contributed by atoms with Gasteiger partial charge in [-0.25, -0.2) is 4.98 Å². The molecule has 150 valence electrons. The molecule has 0 aromatic carbocycles. The van der Waals surface area contributed by atoms with Crippen LogP contribution >= 0.6 is 0 Å². The maximum absolute atomic E-state index is 13.3. The number of alkyl halides is 3. The lowest BCUT2D eigenvalue weighted by Crippen LogP contribution is -2.53. The number of carbonyl (C=O) groups is 1. The van der Waals surface area contributed by atoms with Gasteiger partial charge in [0.05, 0.1) is 11.5 Å². The summed E-state index contributed by atoms with van der Waals surface area (Å²) < 4.78 is 40.0. The summed E-state index contributed by atoms with van der Waals surface area (Å²) in [6.45, 7) is 4.00. The number of anilines is 1. The number of halogens is 3. The summed E-state index contributed by atoms with van der Waals surface area (Å²) in [5.41, 5.74) is 5.12. The van der Waals surface area contributed by atoms with Crippen LogP contribution in [0.25, 0.3) is 0 Å². The second-order valence-corrected chi connectivity index (χ2v) is 7.71. The van der Waals surface area contributed by atoms with Crippen LogP contribution in [0.2, 0.25) is 0 Å². The summed E-state index contributed by atoms with van der Waals surface area (Å²) in [6.07, 6.45) is 0.0869. The Morgan fingerprint density at radius 1 is 1.33 bits per heavy atom. The van der Waals surface area contributed by atoms with Gasteiger partial charge in [-0.05, 0) is 43.7 Å². The van der Waals surface area contributed by atoms with Gasteiger partial charge in [0.1, 0.15) is 5.82 Å². The highest BCUT2D eigenvalue weighted by Gasteiger charge is 2.39. The fraction of sp³-hybridized carbons (Fsp3) is 0.684. The van der Waals surface area contributed by atoms with Gasteiger partial charge in [0.2, 0.25) is 5.91 Å². The van der Waals surface area contributed by atoms with Crippen molar-refractivity contribution in [3.05, 3.63) is 23.9 Å². The van der Waals surface area contributed by atoms with Crippen molar-refractivity contribution in [1.82, 2.24) is 9.88 Å². The summed E-state index contributed by atoms with van der Waals surface area (Å²) >= 11 is 0. The number of amides is 1. The molecule has 0 bridgehead atoms. The van der Waals surface area contributed by atoms with Crippen molar-refractivity contribution in [3.63, 3.8) is 0 Å². The van der Waals surface area contributed by atoms with E-state index < -0.39 is 11.7 Å². The van der Waals surface area contributed by atoms with Crippen LogP contribution in [-0.2, 0) is 11.0 Å². The molecule has 2 N–H and O–H groups in total. The van der Waals surface area contributed by atoms with E-state index in [1.54, 1.807) is 4.90 Å². The van der Waals surface area contributed by atoms with Gasteiger partial charge in [-0.15, -0.1) is 0 Å². The first-order valence-corrected chi connectivity index (χ1v) is 9.59. The molecule has 8 heteroatoms. The SMILES string of the molecule is CC1CCN(C(=O)C2CCCN(c3ncccc3C(F)(F)F)C2)C(CN)C1. The molecule has 2 aliphatic heterocycles. The van der Waals surface area contributed by atoms with Crippen molar-refractivity contribution in [2.75, 3.05) is 31.1 Å². The fourth-order valence-corrected chi connectivity index (χ4v) is 4.24. The number of hydrogen-bond donors (Lipinski definition) is 1. The number of likely N-dealkylation sites (tertiary alicyclic amines) is 1. The molecule has 2 aliphatic rings. The number of pyridine rings is 1. The van der Waals surface area contributed by atoms with Crippen LogP contribution in [0.1, 0.15) is 38.2 Å². The average molecular weight is 384 g/mol. The molecule has 27 heavy (non-hydrogen) atoms. The van der Waals surface area contributed by atoms with Gasteiger partial charge in [-0.3, -0.25) is 4.79 Å². The molecule has 1 amide bonds. The van der Waals surface area contributed by atoms with E-state index in [1.807, 2.05) is 4.90 Å². The average Bonchev–Trinajstić information content (AvgIpc) is 2.66. The smallest absolute Gasteiger partial charge is 0.355 e. The van der Waals surface area contributed by atoms with E-state index in [0.29, 0.717) is 38.4 Å². The van der Waals surface area contributed by atoms with Crippen LogP contribution in [0, 0.1) is 11.8 Å². The predicted molar refractivity (Wildman–Crippen MR) is 97.1 cm³/mol. The van der Waals surface area contributed by atoms with Crippen molar-refractivity contribution in [1.29, 1.82) is 0 Å². The number of aromatic nitrogens is 1. The second-order valence-electron chi connectivity index (χ2n) is 7.71. The van der Waals surface area contributed by atoms with Gasteiger partial charge in [0.25, 0.3) is 0 Å². The Kier molecular flexibility index (Phi) is 5.93. The highest BCUT2D eigenvalue weighted by molar-refractivity contribution is 5.80. The van der Waals surface area contributed by atoms with Gasteiger partial charge in [-0.1, -0.05) is 6.92 Å². The molecule has 3 heterocycles. The summed E-state index contributed by atoms with van der Waals surface area (Å²) in [6, 6.07) is 2.36. The van der Waals surface area contributed by atoms with E-state index >= 15 is 0 Å². The minimum atomic E-state index is -4.46. The Labute approximate surface area is 157 Å². The lowest BCUT2D eigenvalue weighted by atomic mass is 9.89. The molecule has 5 nitrogen and oxygen atoms in total. The second kappa shape index (κ2) is 8.04. The third kappa shape index (κ3) is 4.36. The lowest BCUT2D eigenvalue weighted by molar-refractivity contribution is -0.140. The molecular weight excluding hydrogens is 357 g/mol. The molecule has 2 saturated heterocycles. The van der Waals surface area contributed by atoms with Crippen molar-refractivity contribution in [2.45, 2.75) is 44.8 Å². The molecule has 3 unspecified atom stereocenters. The van der Waals surface area contributed by atoms with Crippen molar-refractivity contribution in [3.8, 4) is 0 Å². The first-order valence-electron chi connectivity index (χ1n) is 9.59. The van der Waals surface area contributed by atoms with Gasteiger partial charge in [0.15, 0.2) is 0 Å². The number of rotatable bonds is 3. The fourth-order valence-electron chi connectivity index (χ4n) is 4.24. The first kappa shape index (κ1) is 19.9. The number of nitrogens with two attached hydrogens (primary N) is 1. The van der Waals surface area contributed by atoms with Crippen LogP contribution in [0.5, 0.6) is 0 Å². The maximum Gasteiger partial charge on any atom is 0.419 e. The highest BCUT2D eigenvalue weighted by atomic mass is 19.4. The third-order valence-corrected chi connectivity index (χ3v) is 5.70. The van der Waals surface area contributed by atoms with E-state index in [-0.39, 0.29) is 30.2 Å². The molecule has 2 fully saturated rings. The summed E-state index contributed by atoms with van der Waals surface area (Å²) in [4.78, 5) is 20.5. The van der Waals surface area contributed by atoms with Gasteiger partial charge in [-0.2, -0.15) is 13.2 Å². The van der Waals surface area contributed by atoms with Gasteiger partial charge >= 0.3 is 6.18 Å². The number of piperidine rings is 2. The zero-order valence-corrected chi connectivity index (χ0v) is 15.6. The third-order valence-electron chi connectivity index (χ3n) is 5.70. The molecule has 1 aromatic rings. The largest absolute Gasteiger partial charge is 0.419 e. The quantitative estimate of drug-likeness (QED) is 0.871. The Balaban J connectivity index is 1.76. The standard InChI is InChI=1S/C19H27F3N4O/c1-13-6-9-26(15(10-13)11-23)18(27)14-4-3-8-25(12-14)17-16(19(20,21)22)5-2-7-24-17/h2,5,7,13-15H,3-4,6,8-12,23H2,1H3. The normalized spacial score (nSPS) is 26.9. The van der Waals surface area contributed by atoms with Crippen LogP contribution in [0.4, 0.5) is 19.0 Å². The van der Waals surface area contributed by atoms with E-state index in [4.69, 9.17) is 5.73 Å².